The Balaban J connectivity index is 1.46. The van der Waals surface area contributed by atoms with E-state index in [-0.39, 0.29) is 31.2 Å². The van der Waals surface area contributed by atoms with Crippen molar-refractivity contribution in [1.29, 1.82) is 0 Å². The van der Waals surface area contributed by atoms with E-state index in [0.29, 0.717) is 17.9 Å². The van der Waals surface area contributed by atoms with Crippen molar-refractivity contribution in [3.8, 4) is 5.75 Å². The van der Waals surface area contributed by atoms with Crippen LogP contribution in [0.2, 0.25) is 5.02 Å². The highest BCUT2D eigenvalue weighted by Gasteiger charge is 2.38. The van der Waals surface area contributed by atoms with Gasteiger partial charge in [0.1, 0.15) is 18.1 Å². The van der Waals surface area contributed by atoms with E-state index in [4.69, 9.17) is 20.8 Å². The maximum atomic E-state index is 12.9. The highest BCUT2D eigenvalue weighted by atomic mass is 79.9. The molecule has 6 nitrogen and oxygen atoms in total. The van der Waals surface area contributed by atoms with Gasteiger partial charge >= 0.3 is 6.18 Å². The summed E-state index contributed by atoms with van der Waals surface area (Å²) in [5.74, 6) is 0.830. The molecule has 31 heavy (non-hydrogen) atoms. The molecular formula is C20H18BrClF3N3O3. The fourth-order valence-corrected chi connectivity index (χ4v) is 3.21. The van der Waals surface area contributed by atoms with Crippen molar-refractivity contribution in [2.75, 3.05) is 6.54 Å². The second-order valence-electron chi connectivity index (χ2n) is 6.59. The lowest BCUT2D eigenvalue weighted by molar-refractivity contribution is -0.141. The van der Waals surface area contributed by atoms with Crippen molar-refractivity contribution in [2.45, 2.75) is 32.7 Å². The lowest BCUT2D eigenvalue weighted by Crippen LogP contribution is -2.25. The summed E-state index contributed by atoms with van der Waals surface area (Å²) in [6, 6.07) is 10.5. The molecule has 0 aliphatic carbocycles. The number of alkyl halides is 3. The summed E-state index contributed by atoms with van der Waals surface area (Å²) in [7, 11) is 0. The van der Waals surface area contributed by atoms with Crippen molar-refractivity contribution in [1.82, 2.24) is 15.1 Å². The highest BCUT2D eigenvalue weighted by molar-refractivity contribution is 9.10. The summed E-state index contributed by atoms with van der Waals surface area (Å²) in [4.78, 5) is 12.2. The molecule has 11 heteroatoms. The Labute approximate surface area is 189 Å². The number of halogens is 5. The number of benzene rings is 1. The smallest absolute Gasteiger partial charge is 0.436 e. The van der Waals surface area contributed by atoms with E-state index in [9.17, 15) is 18.0 Å². The van der Waals surface area contributed by atoms with E-state index < -0.39 is 22.8 Å². The Morgan fingerprint density at radius 1 is 1.26 bits per heavy atom. The SMILES string of the molecule is Cc1c(Cl)c(C(F)(F)F)nn1CCCNC(=O)c1ccc(COc2ccc(Br)cc2)o1. The summed E-state index contributed by atoms with van der Waals surface area (Å²) >= 11 is 9.06. The minimum atomic E-state index is -4.61. The van der Waals surface area contributed by atoms with E-state index in [1.165, 1.54) is 17.7 Å². The minimum absolute atomic E-state index is 0.118. The Kier molecular flexibility index (Phi) is 7.32. The Morgan fingerprint density at radius 3 is 2.61 bits per heavy atom. The van der Waals surface area contributed by atoms with Crippen LogP contribution in [0.1, 0.15) is 34.1 Å². The van der Waals surface area contributed by atoms with Crippen molar-refractivity contribution in [3.05, 3.63) is 68.8 Å². The molecular weight excluding hydrogens is 503 g/mol. The van der Waals surface area contributed by atoms with Crippen LogP contribution in [0, 0.1) is 6.92 Å². The van der Waals surface area contributed by atoms with Gasteiger partial charge in [-0.3, -0.25) is 9.48 Å². The molecule has 1 amide bonds. The zero-order valence-corrected chi connectivity index (χ0v) is 18.6. The number of hydrogen-bond donors (Lipinski definition) is 1. The number of amides is 1. The first-order valence-electron chi connectivity index (χ1n) is 9.20. The molecule has 0 saturated heterocycles. The van der Waals surface area contributed by atoms with Gasteiger partial charge in [-0.2, -0.15) is 18.3 Å². The summed E-state index contributed by atoms with van der Waals surface area (Å²) in [5.41, 5.74) is -0.883. The Hall–Kier alpha value is -2.46. The van der Waals surface area contributed by atoms with E-state index in [1.54, 1.807) is 18.2 Å². The van der Waals surface area contributed by atoms with E-state index in [1.807, 2.05) is 12.1 Å². The molecule has 0 saturated carbocycles. The number of aromatic nitrogens is 2. The van der Waals surface area contributed by atoms with Gasteiger partial charge in [-0.25, -0.2) is 0 Å². The molecule has 2 heterocycles. The number of nitrogens with one attached hydrogen (secondary N) is 1. The first-order valence-corrected chi connectivity index (χ1v) is 10.4. The van der Waals surface area contributed by atoms with Gasteiger partial charge in [-0.1, -0.05) is 27.5 Å². The van der Waals surface area contributed by atoms with E-state index >= 15 is 0 Å². The topological polar surface area (TPSA) is 69.3 Å². The normalized spacial score (nSPS) is 11.5. The van der Waals surface area contributed by atoms with E-state index in [2.05, 4.69) is 26.3 Å². The predicted octanol–water partition coefficient (Wildman–Crippen LogP) is 5.62. The molecule has 0 unspecified atom stereocenters. The number of aryl methyl sites for hydroxylation is 1. The number of carbonyl (C=O) groups is 1. The largest absolute Gasteiger partial charge is 0.486 e. The predicted molar refractivity (Wildman–Crippen MR) is 111 cm³/mol. The molecule has 0 aliphatic rings. The average molecular weight is 521 g/mol. The van der Waals surface area contributed by atoms with Gasteiger partial charge in [0.25, 0.3) is 5.91 Å². The van der Waals surface area contributed by atoms with Crippen molar-refractivity contribution >= 4 is 33.4 Å². The van der Waals surface area contributed by atoms with Crippen molar-refractivity contribution < 1.29 is 27.1 Å². The van der Waals surface area contributed by atoms with Crippen LogP contribution in [-0.4, -0.2) is 22.2 Å². The number of carbonyl (C=O) groups excluding carboxylic acids is 1. The average Bonchev–Trinajstić information content (AvgIpc) is 3.30. The molecule has 2 aromatic heterocycles. The van der Waals surface area contributed by atoms with Crippen LogP contribution < -0.4 is 10.1 Å². The number of furan rings is 1. The lowest BCUT2D eigenvalue weighted by atomic mass is 10.3. The molecule has 0 radical (unpaired) electrons. The maximum absolute atomic E-state index is 12.9. The van der Waals surface area contributed by atoms with Crippen LogP contribution in [-0.2, 0) is 19.3 Å². The van der Waals surface area contributed by atoms with Crippen LogP contribution in [0.15, 0.2) is 45.3 Å². The van der Waals surface area contributed by atoms with Crippen LogP contribution >= 0.6 is 27.5 Å². The van der Waals surface area contributed by atoms with Gasteiger partial charge in [0.2, 0.25) is 0 Å². The van der Waals surface area contributed by atoms with Crippen LogP contribution in [0.25, 0.3) is 0 Å². The van der Waals surface area contributed by atoms with Gasteiger partial charge in [0.05, 0.1) is 10.7 Å². The molecule has 0 aliphatic heterocycles. The number of rotatable bonds is 8. The third-order valence-corrected chi connectivity index (χ3v) is 5.30. The summed E-state index contributed by atoms with van der Waals surface area (Å²) in [6.45, 7) is 2.02. The molecule has 3 aromatic rings. The second kappa shape index (κ2) is 9.78. The van der Waals surface area contributed by atoms with Crippen LogP contribution in [0.5, 0.6) is 5.75 Å². The Bertz CT molecular complexity index is 1050. The first kappa shape index (κ1) is 23.2. The molecule has 1 aromatic carbocycles. The van der Waals surface area contributed by atoms with Crippen molar-refractivity contribution in [3.63, 3.8) is 0 Å². The molecule has 1 N–H and O–H groups in total. The van der Waals surface area contributed by atoms with Crippen LogP contribution in [0.4, 0.5) is 13.2 Å². The highest BCUT2D eigenvalue weighted by Crippen LogP contribution is 2.35. The first-order chi connectivity index (χ1) is 14.6. The monoisotopic (exact) mass is 519 g/mol. The quantitative estimate of drug-likeness (QED) is 0.392. The van der Waals surface area contributed by atoms with Crippen LogP contribution in [0.3, 0.4) is 0 Å². The molecule has 0 atom stereocenters. The number of nitrogens with zero attached hydrogens (tertiary/aromatic N) is 2. The van der Waals surface area contributed by atoms with Gasteiger partial charge in [-0.15, -0.1) is 0 Å². The second-order valence-corrected chi connectivity index (χ2v) is 7.88. The van der Waals surface area contributed by atoms with Crippen molar-refractivity contribution in [2.24, 2.45) is 0 Å². The zero-order chi connectivity index (χ0) is 22.6. The number of ether oxygens (including phenoxy) is 1. The van der Waals surface area contributed by atoms with Gasteiger partial charge in [0, 0.05) is 17.6 Å². The zero-order valence-electron chi connectivity index (χ0n) is 16.3. The Morgan fingerprint density at radius 2 is 1.97 bits per heavy atom. The summed E-state index contributed by atoms with van der Waals surface area (Å²) in [6.07, 6.45) is -4.25. The molecule has 0 fully saturated rings. The maximum Gasteiger partial charge on any atom is 0.436 e. The number of hydrogen-bond acceptors (Lipinski definition) is 4. The third kappa shape index (κ3) is 6.04. The fourth-order valence-electron chi connectivity index (χ4n) is 2.70. The summed E-state index contributed by atoms with van der Waals surface area (Å²) in [5, 5.41) is 5.77. The lowest BCUT2D eigenvalue weighted by Gasteiger charge is -2.06. The molecule has 0 bridgehead atoms. The molecule has 166 valence electrons. The molecule has 3 rings (SSSR count). The third-order valence-electron chi connectivity index (χ3n) is 4.31. The van der Waals surface area contributed by atoms with Gasteiger partial charge < -0.3 is 14.5 Å². The fraction of sp³-hybridized carbons (Fsp3) is 0.300. The molecule has 0 spiro atoms. The van der Waals surface area contributed by atoms with Gasteiger partial charge in [0.15, 0.2) is 11.5 Å². The summed E-state index contributed by atoms with van der Waals surface area (Å²) < 4.78 is 51.7. The standard InChI is InChI=1S/C20H18BrClF3N3O3/c1-12-17(22)18(20(23,24)25)27-28(12)10-2-9-26-19(29)16-8-7-15(31-16)11-30-14-5-3-13(21)4-6-14/h3-8H,2,9-11H2,1H3,(H,26,29). The van der Waals surface area contributed by atoms with Gasteiger partial charge in [-0.05, 0) is 49.7 Å². The van der Waals surface area contributed by atoms with E-state index in [0.717, 1.165) is 4.47 Å². The minimum Gasteiger partial charge on any atom is -0.486 e.